The summed E-state index contributed by atoms with van der Waals surface area (Å²) < 4.78 is 66.2. The molecule has 0 aliphatic rings. The summed E-state index contributed by atoms with van der Waals surface area (Å²) in [5, 5.41) is 2.49. The van der Waals surface area contributed by atoms with Crippen molar-refractivity contribution >= 4 is 21.4 Å². The Labute approximate surface area is 158 Å². The van der Waals surface area contributed by atoms with Gasteiger partial charge in [0, 0.05) is 29.5 Å². The maximum Gasteiger partial charge on any atom is 0.215 e. The maximum absolute atomic E-state index is 13.6. The number of hydrogen-bond donors (Lipinski definition) is 1. The van der Waals surface area contributed by atoms with Crippen LogP contribution in [0.25, 0.3) is 10.6 Å². The quantitative estimate of drug-likeness (QED) is 0.641. The van der Waals surface area contributed by atoms with Gasteiger partial charge in [-0.1, -0.05) is 0 Å². The zero-order valence-electron chi connectivity index (χ0n) is 14.0. The fraction of sp³-hybridized carbons (Fsp3) is 0.167. The van der Waals surface area contributed by atoms with Crippen molar-refractivity contribution in [3.63, 3.8) is 0 Å². The van der Waals surface area contributed by atoms with E-state index in [0.717, 1.165) is 23.8 Å². The highest BCUT2D eigenvalue weighted by Crippen LogP contribution is 2.24. The van der Waals surface area contributed by atoms with Crippen molar-refractivity contribution in [3.8, 4) is 10.6 Å². The Kier molecular flexibility index (Phi) is 5.93. The normalized spacial score (nSPS) is 11.7. The number of nitrogens with one attached hydrogen (secondary N) is 1. The summed E-state index contributed by atoms with van der Waals surface area (Å²) >= 11 is 1.37. The Bertz CT molecular complexity index is 1040. The molecule has 0 unspecified atom stereocenters. The van der Waals surface area contributed by atoms with Gasteiger partial charge < -0.3 is 0 Å². The highest BCUT2D eigenvalue weighted by molar-refractivity contribution is 7.88. The van der Waals surface area contributed by atoms with Gasteiger partial charge >= 0.3 is 0 Å². The van der Waals surface area contributed by atoms with E-state index in [1.165, 1.54) is 23.5 Å². The number of sulfonamides is 1. The second-order valence-corrected chi connectivity index (χ2v) is 8.45. The highest BCUT2D eigenvalue weighted by Gasteiger charge is 2.15. The predicted molar refractivity (Wildman–Crippen MR) is 98.2 cm³/mol. The van der Waals surface area contributed by atoms with E-state index in [4.69, 9.17) is 0 Å². The molecule has 3 rings (SSSR count). The monoisotopic (exact) mass is 412 g/mol. The summed E-state index contributed by atoms with van der Waals surface area (Å²) in [6.45, 7) is 0.0753. The van der Waals surface area contributed by atoms with Crippen LogP contribution in [0.15, 0.2) is 47.8 Å². The van der Waals surface area contributed by atoms with Crippen molar-refractivity contribution in [2.24, 2.45) is 0 Å². The Balaban J connectivity index is 1.57. The lowest BCUT2D eigenvalue weighted by Crippen LogP contribution is -2.27. The van der Waals surface area contributed by atoms with Gasteiger partial charge in [-0.25, -0.2) is 31.3 Å². The highest BCUT2D eigenvalue weighted by atomic mass is 32.2. The Morgan fingerprint density at radius 2 is 1.70 bits per heavy atom. The van der Waals surface area contributed by atoms with Crippen molar-refractivity contribution in [1.82, 2.24) is 9.71 Å². The molecule has 0 aliphatic heterocycles. The van der Waals surface area contributed by atoms with E-state index in [0.29, 0.717) is 17.1 Å². The van der Waals surface area contributed by atoms with Crippen LogP contribution in [0.3, 0.4) is 0 Å². The Hall–Kier alpha value is -2.23. The first-order chi connectivity index (χ1) is 12.8. The van der Waals surface area contributed by atoms with Crippen LogP contribution < -0.4 is 4.72 Å². The molecular formula is C18H15F3N2O2S2. The minimum atomic E-state index is -3.82. The zero-order valence-corrected chi connectivity index (χ0v) is 15.6. The van der Waals surface area contributed by atoms with E-state index in [9.17, 15) is 21.6 Å². The summed E-state index contributed by atoms with van der Waals surface area (Å²) in [7, 11) is -3.82. The molecule has 142 valence electrons. The Morgan fingerprint density at radius 1 is 1.00 bits per heavy atom. The molecule has 9 heteroatoms. The van der Waals surface area contributed by atoms with Gasteiger partial charge in [0.25, 0.3) is 0 Å². The van der Waals surface area contributed by atoms with Crippen LogP contribution >= 0.6 is 11.3 Å². The fourth-order valence-electron chi connectivity index (χ4n) is 2.39. The van der Waals surface area contributed by atoms with Crippen molar-refractivity contribution < 1.29 is 21.6 Å². The number of halogens is 3. The number of rotatable bonds is 7. The molecule has 1 aromatic heterocycles. The van der Waals surface area contributed by atoms with E-state index in [1.807, 2.05) is 0 Å². The average Bonchev–Trinajstić information content (AvgIpc) is 3.07. The lowest BCUT2D eigenvalue weighted by atomic mass is 10.2. The molecule has 0 aliphatic carbocycles. The van der Waals surface area contributed by atoms with Crippen molar-refractivity contribution in [2.75, 3.05) is 6.54 Å². The third-order valence-corrected chi connectivity index (χ3v) is 5.97. The van der Waals surface area contributed by atoms with Gasteiger partial charge in [0.15, 0.2) is 0 Å². The molecule has 0 atom stereocenters. The second kappa shape index (κ2) is 8.20. The number of benzene rings is 2. The molecule has 2 aromatic carbocycles. The molecule has 0 saturated carbocycles. The average molecular weight is 412 g/mol. The molecule has 0 radical (unpaired) electrons. The molecule has 0 bridgehead atoms. The van der Waals surface area contributed by atoms with Crippen molar-refractivity contribution in [3.05, 3.63) is 76.6 Å². The van der Waals surface area contributed by atoms with Gasteiger partial charge in [0.1, 0.15) is 22.5 Å². The van der Waals surface area contributed by atoms with Crippen LogP contribution in [-0.4, -0.2) is 19.9 Å². The number of aromatic nitrogens is 1. The topological polar surface area (TPSA) is 59.1 Å². The first-order valence-corrected chi connectivity index (χ1v) is 10.5. The molecule has 0 saturated heterocycles. The van der Waals surface area contributed by atoms with E-state index < -0.39 is 27.4 Å². The van der Waals surface area contributed by atoms with Crippen LogP contribution in [0.1, 0.15) is 11.3 Å². The van der Waals surface area contributed by atoms with Gasteiger partial charge in [-0.05, 0) is 42.5 Å². The third-order valence-electron chi connectivity index (χ3n) is 3.70. The third kappa shape index (κ3) is 5.38. The summed E-state index contributed by atoms with van der Waals surface area (Å²) in [5.41, 5.74) is 1.23. The Morgan fingerprint density at radius 3 is 2.44 bits per heavy atom. The smallest absolute Gasteiger partial charge is 0.215 e. The van der Waals surface area contributed by atoms with Crippen LogP contribution in [0.4, 0.5) is 13.2 Å². The molecule has 0 spiro atoms. The number of hydrogen-bond acceptors (Lipinski definition) is 4. The standard InChI is InChI=1S/C18H15F3N2O2S2/c19-14-3-1-12(2-4-14)18-23-16(10-26-18)7-8-22-27(24,25)11-13-9-15(20)5-6-17(13)21/h1-6,9-10,22H,7-8,11H2. The van der Waals surface area contributed by atoms with Crippen molar-refractivity contribution in [2.45, 2.75) is 12.2 Å². The largest absolute Gasteiger partial charge is 0.241 e. The van der Waals surface area contributed by atoms with E-state index in [-0.39, 0.29) is 17.9 Å². The second-order valence-electron chi connectivity index (χ2n) is 5.79. The molecule has 1 heterocycles. The van der Waals surface area contributed by atoms with Crippen LogP contribution in [-0.2, 0) is 22.2 Å². The van der Waals surface area contributed by atoms with Gasteiger partial charge in [0.2, 0.25) is 10.0 Å². The van der Waals surface area contributed by atoms with Crippen LogP contribution in [0, 0.1) is 17.5 Å². The SMILES string of the molecule is O=S(=O)(Cc1cc(F)ccc1F)NCCc1csc(-c2ccc(F)cc2)n1. The fourth-order valence-corrected chi connectivity index (χ4v) is 4.40. The lowest BCUT2D eigenvalue weighted by Gasteiger charge is -2.07. The maximum atomic E-state index is 13.6. The molecular weight excluding hydrogens is 397 g/mol. The summed E-state index contributed by atoms with van der Waals surface area (Å²) in [5.74, 6) is -2.45. The van der Waals surface area contributed by atoms with Crippen molar-refractivity contribution in [1.29, 1.82) is 0 Å². The van der Waals surface area contributed by atoms with Gasteiger partial charge in [-0.3, -0.25) is 0 Å². The summed E-state index contributed by atoms with van der Waals surface area (Å²) in [6, 6.07) is 8.62. The minimum absolute atomic E-state index is 0.0753. The zero-order chi connectivity index (χ0) is 19.4. The van der Waals surface area contributed by atoms with E-state index in [1.54, 1.807) is 17.5 Å². The summed E-state index contributed by atoms with van der Waals surface area (Å²) in [4.78, 5) is 4.39. The number of thiazole rings is 1. The first-order valence-electron chi connectivity index (χ1n) is 7.94. The molecule has 4 nitrogen and oxygen atoms in total. The van der Waals surface area contributed by atoms with Gasteiger partial charge in [-0.2, -0.15) is 0 Å². The molecule has 0 amide bonds. The minimum Gasteiger partial charge on any atom is -0.241 e. The molecule has 3 aromatic rings. The van der Waals surface area contributed by atoms with E-state index >= 15 is 0 Å². The van der Waals surface area contributed by atoms with E-state index in [2.05, 4.69) is 9.71 Å². The van der Waals surface area contributed by atoms with Gasteiger partial charge in [-0.15, -0.1) is 11.3 Å². The van der Waals surface area contributed by atoms with Crippen LogP contribution in [0.2, 0.25) is 0 Å². The van der Waals surface area contributed by atoms with Gasteiger partial charge in [0.05, 0.1) is 11.4 Å². The molecule has 27 heavy (non-hydrogen) atoms. The molecule has 1 N–H and O–H groups in total. The predicted octanol–water partition coefficient (Wildman–Crippen LogP) is 3.89. The first kappa shape index (κ1) is 19.5. The summed E-state index contributed by atoms with van der Waals surface area (Å²) in [6.07, 6.45) is 0.336. The van der Waals surface area contributed by atoms with Crippen LogP contribution in [0.5, 0.6) is 0 Å². The number of nitrogens with zero attached hydrogens (tertiary/aromatic N) is 1. The molecule has 0 fully saturated rings. The lowest BCUT2D eigenvalue weighted by molar-refractivity contribution is 0.570.